The summed E-state index contributed by atoms with van der Waals surface area (Å²) in [5.74, 6) is 1.23. The van der Waals surface area contributed by atoms with Gasteiger partial charge in [0.1, 0.15) is 5.82 Å². The number of piperidine rings is 1. The second kappa shape index (κ2) is 5.76. The first kappa shape index (κ1) is 13.3. The zero-order valence-electron chi connectivity index (χ0n) is 11.5. The lowest BCUT2D eigenvalue weighted by molar-refractivity contribution is -0.169. The van der Waals surface area contributed by atoms with Crippen molar-refractivity contribution in [3.63, 3.8) is 0 Å². The van der Waals surface area contributed by atoms with Crippen molar-refractivity contribution in [3.05, 3.63) is 24.9 Å². The smallest absolute Gasteiger partial charge is 0.227 e. The highest BCUT2D eigenvalue weighted by atomic mass is 16.7. The first-order valence-corrected chi connectivity index (χ1v) is 7.02. The normalized spacial score (nSPS) is 21.1. The fraction of sp³-hybridized carbons (Fsp3) is 0.571. The van der Waals surface area contributed by atoms with Crippen LogP contribution in [0.15, 0.2) is 24.9 Å². The Morgan fingerprint density at radius 1 is 1.35 bits per heavy atom. The number of rotatable bonds is 4. The molecule has 3 rings (SSSR count). The van der Waals surface area contributed by atoms with Crippen LogP contribution in [0.2, 0.25) is 0 Å². The molecule has 0 atom stereocenters. The van der Waals surface area contributed by atoms with Gasteiger partial charge in [0, 0.05) is 38.7 Å². The van der Waals surface area contributed by atoms with Gasteiger partial charge in [-0.2, -0.15) is 4.98 Å². The van der Waals surface area contributed by atoms with Crippen molar-refractivity contribution < 1.29 is 9.47 Å². The van der Waals surface area contributed by atoms with Gasteiger partial charge in [-0.1, -0.05) is 6.08 Å². The van der Waals surface area contributed by atoms with Crippen LogP contribution < -0.4 is 10.2 Å². The average Bonchev–Trinajstić information content (AvgIpc) is 2.94. The summed E-state index contributed by atoms with van der Waals surface area (Å²) in [6.07, 6.45) is 5.31. The molecule has 6 nitrogen and oxygen atoms in total. The average molecular weight is 276 g/mol. The van der Waals surface area contributed by atoms with Crippen LogP contribution in [-0.4, -0.2) is 48.6 Å². The maximum absolute atomic E-state index is 5.73. The van der Waals surface area contributed by atoms with Gasteiger partial charge in [-0.25, -0.2) is 4.98 Å². The van der Waals surface area contributed by atoms with Crippen molar-refractivity contribution in [2.24, 2.45) is 0 Å². The summed E-state index contributed by atoms with van der Waals surface area (Å²) in [5.41, 5.74) is 0. The molecule has 6 heteroatoms. The summed E-state index contributed by atoms with van der Waals surface area (Å²) < 4.78 is 11.5. The van der Waals surface area contributed by atoms with Gasteiger partial charge in [0.25, 0.3) is 0 Å². The van der Waals surface area contributed by atoms with E-state index in [2.05, 4.69) is 26.8 Å². The van der Waals surface area contributed by atoms with Crippen LogP contribution in [0.5, 0.6) is 0 Å². The predicted octanol–water partition coefficient (Wildman–Crippen LogP) is 1.42. The fourth-order valence-electron chi connectivity index (χ4n) is 2.61. The van der Waals surface area contributed by atoms with E-state index in [0.717, 1.165) is 37.7 Å². The van der Waals surface area contributed by atoms with Crippen LogP contribution in [0.3, 0.4) is 0 Å². The molecule has 20 heavy (non-hydrogen) atoms. The largest absolute Gasteiger partial charge is 0.366 e. The van der Waals surface area contributed by atoms with Crippen molar-refractivity contribution in [2.75, 3.05) is 43.1 Å². The highest BCUT2D eigenvalue weighted by Gasteiger charge is 2.40. The quantitative estimate of drug-likeness (QED) is 0.839. The molecule has 1 aromatic rings. The lowest BCUT2D eigenvalue weighted by atomic mass is 10.0. The first-order chi connectivity index (χ1) is 9.81. The van der Waals surface area contributed by atoms with Crippen LogP contribution in [0.1, 0.15) is 12.8 Å². The minimum atomic E-state index is -0.352. The number of aromatic nitrogens is 2. The predicted molar refractivity (Wildman–Crippen MR) is 76.8 cm³/mol. The molecule has 2 aliphatic rings. The summed E-state index contributed by atoms with van der Waals surface area (Å²) in [5, 5.41) is 3.18. The molecule has 0 aromatic carbocycles. The van der Waals surface area contributed by atoms with E-state index in [4.69, 9.17) is 9.47 Å². The Morgan fingerprint density at radius 2 is 2.10 bits per heavy atom. The SMILES string of the molecule is C=CCNc1ccnc(N2CCC3(CC2)OCCO3)n1. The Morgan fingerprint density at radius 3 is 2.80 bits per heavy atom. The van der Waals surface area contributed by atoms with Crippen LogP contribution in [0.4, 0.5) is 11.8 Å². The summed E-state index contributed by atoms with van der Waals surface area (Å²) in [7, 11) is 0. The molecule has 1 spiro atoms. The lowest BCUT2D eigenvalue weighted by Gasteiger charge is -2.37. The molecule has 0 radical (unpaired) electrons. The van der Waals surface area contributed by atoms with Gasteiger partial charge in [0.2, 0.25) is 5.95 Å². The van der Waals surface area contributed by atoms with Gasteiger partial charge in [-0.15, -0.1) is 6.58 Å². The van der Waals surface area contributed by atoms with E-state index in [0.29, 0.717) is 19.8 Å². The van der Waals surface area contributed by atoms with Crippen LogP contribution in [0, 0.1) is 0 Å². The number of nitrogens with zero attached hydrogens (tertiary/aromatic N) is 3. The van der Waals surface area contributed by atoms with Gasteiger partial charge in [0.15, 0.2) is 5.79 Å². The van der Waals surface area contributed by atoms with E-state index in [1.54, 1.807) is 12.3 Å². The van der Waals surface area contributed by atoms with Crippen molar-refractivity contribution >= 4 is 11.8 Å². The Bertz CT molecular complexity index is 464. The summed E-state index contributed by atoms with van der Waals surface area (Å²) in [6.45, 7) is 7.50. The summed E-state index contributed by atoms with van der Waals surface area (Å²) >= 11 is 0. The number of hydrogen-bond donors (Lipinski definition) is 1. The molecule has 3 heterocycles. The molecule has 2 fully saturated rings. The Labute approximate surface area is 118 Å². The maximum atomic E-state index is 5.73. The van der Waals surface area contributed by atoms with Crippen molar-refractivity contribution in [1.29, 1.82) is 0 Å². The zero-order chi connectivity index (χ0) is 13.8. The number of nitrogens with one attached hydrogen (secondary N) is 1. The van der Waals surface area contributed by atoms with E-state index < -0.39 is 0 Å². The molecule has 1 N–H and O–H groups in total. The third-order valence-corrected chi connectivity index (χ3v) is 3.69. The third kappa shape index (κ3) is 2.76. The van der Waals surface area contributed by atoms with E-state index in [9.17, 15) is 0 Å². The molecule has 108 valence electrons. The molecule has 0 amide bonds. The second-order valence-corrected chi connectivity index (χ2v) is 5.01. The highest BCUT2D eigenvalue weighted by molar-refractivity contribution is 5.42. The lowest BCUT2D eigenvalue weighted by Crippen LogP contribution is -2.45. The van der Waals surface area contributed by atoms with E-state index >= 15 is 0 Å². The van der Waals surface area contributed by atoms with Gasteiger partial charge in [-0.3, -0.25) is 0 Å². The van der Waals surface area contributed by atoms with E-state index in [1.165, 1.54) is 0 Å². The van der Waals surface area contributed by atoms with Gasteiger partial charge < -0.3 is 19.7 Å². The number of ether oxygens (including phenoxy) is 2. The van der Waals surface area contributed by atoms with Crippen LogP contribution >= 0.6 is 0 Å². The molecule has 0 unspecified atom stereocenters. The zero-order valence-corrected chi connectivity index (χ0v) is 11.5. The van der Waals surface area contributed by atoms with Crippen LogP contribution in [-0.2, 0) is 9.47 Å². The molecule has 2 saturated heterocycles. The van der Waals surface area contributed by atoms with E-state index in [-0.39, 0.29) is 5.79 Å². The van der Waals surface area contributed by atoms with Gasteiger partial charge >= 0.3 is 0 Å². The molecule has 0 aliphatic carbocycles. The molecular formula is C14H20N4O2. The Balaban J connectivity index is 1.63. The molecular weight excluding hydrogens is 256 g/mol. The Hall–Kier alpha value is -1.66. The Kier molecular flexibility index (Phi) is 3.84. The van der Waals surface area contributed by atoms with Crippen molar-refractivity contribution in [1.82, 2.24) is 9.97 Å². The van der Waals surface area contributed by atoms with Gasteiger partial charge in [-0.05, 0) is 6.07 Å². The topological polar surface area (TPSA) is 59.5 Å². The minimum Gasteiger partial charge on any atom is -0.366 e. The maximum Gasteiger partial charge on any atom is 0.227 e. The second-order valence-electron chi connectivity index (χ2n) is 5.01. The molecule has 0 bridgehead atoms. The van der Waals surface area contributed by atoms with Gasteiger partial charge in [0.05, 0.1) is 13.2 Å². The third-order valence-electron chi connectivity index (χ3n) is 3.69. The number of anilines is 2. The summed E-state index contributed by atoms with van der Waals surface area (Å²) in [6, 6.07) is 1.86. The monoisotopic (exact) mass is 276 g/mol. The van der Waals surface area contributed by atoms with Crippen molar-refractivity contribution in [2.45, 2.75) is 18.6 Å². The highest BCUT2D eigenvalue weighted by Crippen LogP contribution is 2.32. The van der Waals surface area contributed by atoms with Crippen LogP contribution in [0.25, 0.3) is 0 Å². The standard InChI is InChI=1S/C14H20N4O2/c1-2-6-15-12-3-7-16-13(17-12)18-8-4-14(5-9-18)19-10-11-20-14/h2-3,7H,1,4-6,8-11H2,(H,15,16,17). The molecule has 0 saturated carbocycles. The molecule has 1 aromatic heterocycles. The fourth-order valence-corrected chi connectivity index (χ4v) is 2.61. The number of hydrogen-bond acceptors (Lipinski definition) is 6. The van der Waals surface area contributed by atoms with Crippen molar-refractivity contribution in [3.8, 4) is 0 Å². The van der Waals surface area contributed by atoms with E-state index in [1.807, 2.05) is 6.07 Å². The minimum absolute atomic E-state index is 0.352. The first-order valence-electron chi connectivity index (χ1n) is 7.02. The molecule has 2 aliphatic heterocycles. The summed E-state index contributed by atoms with van der Waals surface area (Å²) in [4.78, 5) is 11.1.